The maximum absolute atomic E-state index is 12.2. The lowest BCUT2D eigenvalue weighted by molar-refractivity contribution is -0.117. The highest BCUT2D eigenvalue weighted by molar-refractivity contribution is 5.92. The highest BCUT2D eigenvalue weighted by atomic mass is 35.5. The predicted molar refractivity (Wildman–Crippen MR) is 81.0 cm³/mol. The van der Waals surface area contributed by atoms with Crippen LogP contribution in [0.4, 0.5) is 14.5 Å². The second-order valence-corrected chi connectivity index (χ2v) is 4.68. The molecule has 1 aliphatic heterocycles. The van der Waals surface area contributed by atoms with Gasteiger partial charge < -0.3 is 20.1 Å². The molecule has 1 amide bonds. The third-order valence-corrected chi connectivity index (χ3v) is 2.96. The molecule has 0 saturated carbocycles. The first kappa shape index (κ1) is 18.6. The van der Waals surface area contributed by atoms with Gasteiger partial charge in [0.25, 0.3) is 6.43 Å². The number of ether oxygens (including phenoxy) is 2. The SMILES string of the molecule is Cl.O=C(CC1COCCN1)Nc1ccccc1OCC(F)F. The van der Waals surface area contributed by atoms with Gasteiger partial charge in [-0.15, -0.1) is 12.4 Å². The molecule has 5 nitrogen and oxygen atoms in total. The average Bonchev–Trinajstić information content (AvgIpc) is 2.47. The van der Waals surface area contributed by atoms with Crippen molar-refractivity contribution in [2.24, 2.45) is 0 Å². The van der Waals surface area contributed by atoms with Gasteiger partial charge in [-0.25, -0.2) is 8.78 Å². The van der Waals surface area contributed by atoms with Crippen molar-refractivity contribution in [2.45, 2.75) is 18.9 Å². The van der Waals surface area contributed by atoms with Crippen molar-refractivity contribution in [3.8, 4) is 5.75 Å². The Bertz CT molecular complexity index is 471. The molecule has 1 aromatic rings. The molecular weight excluding hydrogens is 318 g/mol. The summed E-state index contributed by atoms with van der Waals surface area (Å²) < 4.78 is 34.6. The van der Waals surface area contributed by atoms with Crippen molar-refractivity contribution in [1.82, 2.24) is 5.32 Å². The number of hydrogen-bond acceptors (Lipinski definition) is 4. The van der Waals surface area contributed by atoms with Crippen molar-refractivity contribution in [2.75, 3.05) is 31.7 Å². The number of benzene rings is 1. The van der Waals surface area contributed by atoms with Gasteiger partial charge in [0.15, 0.2) is 0 Å². The number of anilines is 1. The van der Waals surface area contributed by atoms with Crippen LogP contribution in [0.2, 0.25) is 0 Å². The Kier molecular flexibility index (Phi) is 8.08. The first-order chi connectivity index (χ1) is 10.1. The molecule has 0 bridgehead atoms. The van der Waals surface area contributed by atoms with Crippen LogP contribution < -0.4 is 15.4 Å². The number of carbonyl (C=O) groups excluding carboxylic acids is 1. The lowest BCUT2D eigenvalue weighted by Gasteiger charge is -2.23. The summed E-state index contributed by atoms with van der Waals surface area (Å²) in [6, 6.07) is 6.48. The second kappa shape index (κ2) is 9.55. The largest absolute Gasteiger partial charge is 0.485 e. The molecule has 1 atom stereocenters. The van der Waals surface area contributed by atoms with E-state index in [0.717, 1.165) is 0 Å². The zero-order chi connectivity index (χ0) is 15.1. The molecule has 1 fully saturated rings. The van der Waals surface area contributed by atoms with Crippen LogP contribution in [0.15, 0.2) is 24.3 Å². The number of amides is 1. The molecule has 1 heterocycles. The lowest BCUT2D eigenvalue weighted by Crippen LogP contribution is -2.43. The maximum Gasteiger partial charge on any atom is 0.272 e. The number of alkyl halides is 2. The van der Waals surface area contributed by atoms with Gasteiger partial charge in [0, 0.05) is 19.0 Å². The molecule has 124 valence electrons. The standard InChI is InChI=1S/C14H18F2N2O3.ClH/c15-13(16)9-21-12-4-2-1-3-11(12)18-14(19)7-10-8-20-6-5-17-10;/h1-4,10,13,17H,5-9H2,(H,18,19);1H. The summed E-state index contributed by atoms with van der Waals surface area (Å²) >= 11 is 0. The van der Waals surface area contributed by atoms with Gasteiger partial charge in [-0.3, -0.25) is 4.79 Å². The summed E-state index contributed by atoms with van der Waals surface area (Å²) in [5.41, 5.74) is 0.389. The minimum Gasteiger partial charge on any atom is -0.485 e. The molecule has 8 heteroatoms. The molecule has 2 N–H and O–H groups in total. The molecule has 22 heavy (non-hydrogen) atoms. The molecule has 1 aliphatic rings. The fourth-order valence-corrected chi connectivity index (χ4v) is 2.02. The molecule has 0 aliphatic carbocycles. The molecule has 0 spiro atoms. The van der Waals surface area contributed by atoms with E-state index in [4.69, 9.17) is 9.47 Å². The quantitative estimate of drug-likeness (QED) is 0.835. The number of nitrogens with one attached hydrogen (secondary N) is 2. The fourth-order valence-electron chi connectivity index (χ4n) is 2.02. The van der Waals surface area contributed by atoms with Crippen LogP contribution in [0.1, 0.15) is 6.42 Å². The van der Waals surface area contributed by atoms with Crippen molar-refractivity contribution in [1.29, 1.82) is 0 Å². The van der Waals surface area contributed by atoms with Gasteiger partial charge in [0.1, 0.15) is 12.4 Å². The van der Waals surface area contributed by atoms with E-state index in [1.165, 1.54) is 0 Å². The topological polar surface area (TPSA) is 59.6 Å². The minimum atomic E-state index is -2.56. The van der Waals surface area contributed by atoms with Gasteiger partial charge in [-0.05, 0) is 12.1 Å². The normalized spacial score (nSPS) is 17.7. The van der Waals surface area contributed by atoms with E-state index in [9.17, 15) is 13.6 Å². The molecule has 1 aromatic carbocycles. The van der Waals surface area contributed by atoms with E-state index in [2.05, 4.69) is 10.6 Å². The Balaban J connectivity index is 0.00000242. The second-order valence-electron chi connectivity index (χ2n) is 4.68. The summed E-state index contributed by atoms with van der Waals surface area (Å²) in [6.07, 6.45) is -2.30. The first-order valence-electron chi connectivity index (χ1n) is 6.76. The van der Waals surface area contributed by atoms with Crippen molar-refractivity contribution >= 4 is 24.0 Å². The monoisotopic (exact) mass is 336 g/mol. The number of hydrogen-bond donors (Lipinski definition) is 2. The maximum atomic E-state index is 12.2. The Hall–Kier alpha value is -1.44. The summed E-state index contributed by atoms with van der Waals surface area (Å²) in [4.78, 5) is 12.0. The summed E-state index contributed by atoms with van der Waals surface area (Å²) in [7, 11) is 0. The van der Waals surface area contributed by atoms with Gasteiger partial charge in [0.05, 0.1) is 18.9 Å². The molecule has 2 rings (SSSR count). The number of carbonyl (C=O) groups is 1. The summed E-state index contributed by atoms with van der Waals surface area (Å²) in [5.74, 6) is 0.0186. The van der Waals surface area contributed by atoms with Crippen LogP contribution in [0.5, 0.6) is 5.75 Å². The Morgan fingerprint density at radius 2 is 2.23 bits per heavy atom. The fraction of sp³-hybridized carbons (Fsp3) is 0.500. The van der Waals surface area contributed by atoms with Crippen LogP contribution in [-0.2, 0) is 9.53 Å². The Morgan fingerprint density at radius 1 is 1.45 bits per heavy atom. The molecule has 1 saturated heterocycles. The van der Waals surface area contributed by atoms with E-state index in [0.29, 0.717) is 25.4 Å². The molecule has 0 radical (unpaired) electrons. The third kappa shape index (κ3) is 6.13. The highest BCUT2D eigenvalue weighted by Crippen LogP contribution is 2.24. The Labute approximate surface area is 133 Å². The van der Waals surface area contributed by atoms with Crippen LogP contribution in [0, 0.1) is 0 Å². The number of rotatable bonds is 6. The average molecular weight is 337 g/mol. The minimum absolute atomic E-state index is 0. The Morgan fingerprint density at radius 3 is 2.91 bits per heavy atom. The van der Waals surface area contributed by atoms with Gasteiger partial charge in [0.2, 0.25) is 5.91 Å². The zero-order valence-corrected chi connectivity index (χ0v) is 12.7. The van der Waals surface area contributed by atoms with E-state index >= 15 is 0 Å². The van der Waals surface area contributed by atoms with Gasteiger partial charge in [-0.2, -0.15) is 0 Å². The van der Waals surface area contributed by atoms with Crippen molar-refractivity contribution in [3.05, 3.63) is 24.3 Å². The third-order valence-electron chi connectivity index (χ3n) is 2.96. The number of morpholine rings is 1. The van der Waals surface area contributed by atoms with Crippen LogP contribution in [0.3, 0.4) is 0 Å². The van der Waals surface area contributed by atoms with Crippen LogP contribution in [0.25, 0.3) is 0 Å². The van der Waals surface area contributed by atoms with E-state index in [1.54, 1.807) is 24.3 Å². The van der Waals surface area contributed by atoms with Gasteiger partial charge >= 0.3 is 0 Å². The lowest BCUT2D eigenvalue weighted by atomic mass is 10.2. The van der Waals surface area contributed by atoms with Crippen molar-refractivity contribution in [3.63, 3.8) is 0 Å². The first-order valence-corrected chi connectivity index (χ1v) is 6.76. The van der Waals surface area contributed by atoms with E-state index in [-0.39, 0.29) is 36.5 Å². The molecule has 1 unspecified atom stereocenters. The smallest absolute Gasteiger partial charge is 0.272 e. The van der Waals surface area contributed by atoms with Crippen LogP contribution in [-0.4, -0.2) is 44.7 Å². The van der Waals surface area contributed by atoms with Gasteiger partial charge in [-0.1, -0.05) is 12.1 Å². The van der Waals surface area contributed by atoms with Crippen LogP contribution >= 0.6 is 12.4 Å². The predicted octanol–water partition coefficient (Wildman–Crippen LogP) is 2.07. The van der Waals surface area contributed by atoms with E-state index < -0.39 is 13.0 Å². The highest BCUT2D eigenvalue weighted by Gasteiger charge is 2.18. The summed E-state index contributed by atoms with van der Waals surface area (Å²) in [6.45, 7) is 1.14. The summed E-state index contributed by atoms with van der Waals surface area (Å²) in [5, 5.41) is 5.85. The van der Waals surface area contributed by atoms with Crippen molar-refractivity contribution < 1.29 is 23.0 Å². The zero-order valence-electron chi connectivity index (χ0n) is 11.9. The number of para-hydroxylation sites is 2. The number of halogens is 3. The van der Waals surface area contributed by atoms with E-state index in [1.807, 2.05) is 0 Å². The molecular formula is C14H19ClF2N2O3. The molecule has 0 aromatic heterocycles.